The summed E-state index contributed by atoms with van der Waals surface area (Å²) in [5, 5.41) is 0. The van der Waals surface area contributed by atoms with Crippen molar-refractivity contribution in [1.29, 1.82) is 0 Å². The van der Waals surface area contributed by atoms with Crippen molar-refractivity contribution in [2.75, 3.05) is 6.26 Å². The van der Waals surface area contributed by atoms with Crippen LogP contribution in [0.3, 0.4) is 0 Å². The second-order valence-electron chi connectivity index (χ2n) is 3.67. The molecule has 15 heavy (non-hydrogen) atoms. The van der Waals surface area contributed by atoms with Crippen LogP contribution in [0.5, 0.6) is 0 Å². The molecule has 80 valence electrons. The van der Waals surface area contributed by atoms with Gasteiger partial charge in [-0.2, -0.15) is 0 Å². The van der Waals surface area contributed by atoms with Crippen LogP contribution in [-0.4, -0.2) is 15.8 Å². The molecule has 0 fully saturated rings. The number of rotatable bonds is 3. The zero-order valence-electron chi connectivity index (χ0n) is 9.45. The fourth-order valence-electron chi connectivity index (χ4n) is 1.85. The van der Waals surface area contributed by atoms with Gasteiger partial charge in [-0.15, -0.1) is 11.8 Å². The molecule has 3 heteroatoms. The minimum Gasteiger partial charge on any atom is -0.331 e. The summed E-state index contributed by atoms with van der Waals surface area (Å²) in [7, 11) is 2.10. The summed E-state index contributed by atoms with van der Waals surface area (Å²) in [5.41, 5.74) is 2.39. The quantitative estimate of drug-likeness (QED) is 0.739. The molecule has 0 unspecified atom stereocenters. The maximum atomic E-state index is 4.71. The van der Waals surface area contributed by atoms with Crippen molar-refractivity contribution in [2.24, 2.45) is 7.05 Å². The summed E-state index contributed by atoms with van der Waals surface area (Å²) in [5.74, 6) is 1.19. The van der Waals surface area contributed by atoms with Crippen molar-refractivity contribution < 1.29 is 0 Å². The number of para-hydroxylation sites is 1. The average molecular weight is 220 g/mol. The lowest BCUT2D eigenvalue weighted by Crippen LogP contribution is -1.96. The third-order valence-electron chi connectivity index (χ3n) is 2.66. The highest BCUT2D eigenvalue weighted by Crippen LogP contribution is 2.26. The van der Waals surface area contributed by atoms with E-state index in [1.165, 1.54) is 16.2 Å². The van der Waals surface area contributed by atoms with Crippen LogP contribution in [-0.2, 0) is 13.5 Å². The maximum absolute atomic E-state index is 4.71. The number of nitrogens with zero attached hydrogens (tertiary/aromatic N) is 2. The van der Waals surface area contributed by atoms with Gasteiger partial charge in [-0.25, -0.2) is 4.98 Å². The van der Waals surface area contributed by atoms with Crippen molar-refractivity contribution in [3.63, 3.8) is 0 Å². The minimum absolute atomic E-state index is 1.05. The molecule has 0 aliphatic heterocycles. The molecule has 0 N–H and O–H groups in total. The standard InChI is InChI=1S/C12H16N2S/c1-4-6-11-13-12-9(14(11)2)7-5-8-10(12)15-3/h5,7-8H,4,6H2,1-3H3. The first kappa shape index (κ1) is 10.6. The van der Waals surface area contributed by atoms with Crippen LogP contribution in [0.25, 0.3) is 11.0 Å². The molecule has 0 spiro atoms. The fourth-order valence-corrected chi connectivity index (χ4v) is 2.41. The van der Waals surface area contributed by atoms with Crippen LogP contribution in [0.4, 0.5) is 0 Å². The molecule has 0 aliphatic rings. The van der Waals surface area contributed by atoms with Crippen molar-refractivity contribution in [3.05, 3.63) is 24.0 Å². The van der Waals surface area contributed by atoms with Crippen LogP contribution in [0, 0.1) is 0 Å². The largest absolute Gasteiger partial charge is 0.331 e. The molecule has 2 nitrogen and oxygen atoms in total. The molecule has 0 bridgehead atoms. The summed E-state index contributed by atoms with van der Waals surface area (Å²) in [4.78, 5) is 5.98. The third kappa shape index (κ3) is 1.76. The number of fused-ring (bicyclic) bond motifs is 1. The number of aromatic nitrogens is 2. The first-order chi connectivity index (χ1) is 7.27. The second-order valence-corrected chi connectivity index (χ2v) is 4.51. The molecule has 0 saturated carbocycles. The minimum atomic E-state index is 1.05. The lowest BCUT2D eigenvalue weighted by atomic mass is 10.3. The van der Waals surface area contributed by atoms with Gasteiger partial charge in [0.15, 0.2) is 0 Å². The van der Waals surface area contributed by atoms with Crippen LogP contribution in [0.15, 0.2) is 23.1 Å². The normalized spacial score (nSPS) is 11.1. The fraction of sp³-hybridized carbons (Fsp3) is 0.417. The molecular weight excluding hydrogens is 204 g/mol. The molecule has 1 heterocycles. The van der Waals surface area contributed by atoms with E-state index in [0.29, 0.717) is 0 Å². The molecule has 2 aromatic rings. The zero-order valence-corrected chi connectivity index (χ0v) is 10.3. The molecule has 2 rings (SSSR count). The number of thioether (sulfide) groups is 1. The molecular formula is C12H16N2S. The molecule has 0 atom stereocenters. The zero-order chi connectivity index (χ0) is 10.8. The van der Waals surface area contributed by atoms with Crippen molar-refractivity contribution in [3.8, 4) is 0 Å². The Bertz CT molecular complexity index is 474. The molecule has 0 radical (unpaired) electrons. The van der Waals surface area contributed by atoms with Crippen LogP contribution < -0.4 is 0 Å². The number of hydrogen-bond donors (Lipinski definition) is 0. The van der Waals surface area contributed by atoms with Gasteiger partial charge in [0.05, 0.1) is 5.52 Å². The van der Waals surface area contributed by atoms with Gasteiger partial charge in [-0.3, -0.25) is 0 Å². The van der Waals surface area contributed by atoms with Gasteiger partial charge in [-0.05, 0) is 24.8 Å². The highest BCUT2D eigenvalue weighted by atomic mass is 32.2. The van der Waals surface area contributed by atoms with Gasteiger partial charge in [0.2, 0.25) is 0 Å². The van der Waals surface area contributed by atoms with E-state index in [9.17, 15) is 0 Å². The summed E-state index contributed by atoms with van der Waals surface area (Å²) in [6.07, 6.45) is 4.30. The predicted octanol–water partition coefficient (Wildman–Crippen LogP) is 3.25. The van der Waals surface area contributed by atoms with E-state index in [-0.39, 0.29) is 0 Å². The predicted molar refractivity (Wildman–Crippen MR) is 66.5 cm³/mol. The summed E-state index contributed by atoms with van der Waals surface area (Å²) < 4.78 is 2.21. The maximum Gasteiger partial charge on any atom is 0.109 e. The molecule has 0 amide bonds. The Balaban J connectivity index is 2.64. The van der Waals surface area contributed by atoms with E-state index in [0.717, 1.165) is 18.4 Å². The first-order valence-electron chi connectivity index (χ1n) is 5.26. The number of hydrogen-bond acceptors (Lipinski definition) is 2. The highest BCUT2D eigenvalue weighted by Gasteiger charge is 2.09. The molecule has 0 saturated heterocycles. The Morgan fingerprint density at radius 3 is 2.87 bits per heavy atom. The Hall–Kier alpha value is -0.960. The van der Waals surface area contributed by atoms with E-state index < -0.39 is 0 Å². The molecule has 1 aromatic heterocycles. The van der Waals surface area contributed by atoms with E-state index in [2.05, 4.69) is 43.0 Å². The topological polar surface area (TPSA) is 17.8 Å². The van der Waals surface area contributed by atoms with Gasteiger partial charge in [0, 0.05) is 18.4 Å². The number of imidazole rings is 1. The van der Waals surface area contributed by atoms with Crippen molar-refractivity contribution in [1.82, 2.24) is 9.55 Å². The summed E-state index contributed by atoms with van der Waals surface area (Å²) in [6.45, 7) is 2.19. The van der Waals surface area contributed by atoms with Gasteiger partial charge in [0.25, 0.3) is 0 Å². The van der Waals surface area contributed by atoms with Crippen molar-refractivity contribution >= 4 is 22.8 Å². The van der Waals surface area contributed by atoms with E-state index in [1.54, 1.807) is 11.8 Å². The lowest BCUT2D eigenvalue weighted by Gasteiger charge is -1.99. The lowest BCUT2D eigenvalue weighted by molar-refractivity contribution is 0.773. The monoisotopic (exact) mass is 220 g/mol. The van der Waals surface area contributed by atoms with Gasteiger partial charge in [-0.1, -0.05) is 13.0 Å². The van der Waals surface area contributed by atoms with Crippen LogP contribution in [0.2, 0.25) is 0 Å². The van der Waals surface area contributed by atoms with Crippen molar-refractivity contribution in [2.45, 2.75) is 24.7 Å². The van der Waals surface area contributed by atoms with Gasteiger partial charge >= 0.3 is 0 Å². The summed E-state index contributed by atoms with van der Waals surface area (Å²) in [6, 6.07) is 6.38. The SMILES string of the molecule is CCCc1nc2c(SC)cccc2n1C. The van der Waals surface area contributed by atoms with Gasteiger partial charge in [0.1, 0.15) is 11.3 Å². The summed E-state index contributed by atoms with van der Waals surface area (Å²) >= 11 is 1.76. The van der Waals surface area contributed by atoms with E-state index in [1.807, 2.05) is 0 Å². The Morgan fingerprint density at radius 2 is 2.20 bits per heavy atom. The second kappa shape index (κ2) is 4.27. The average Bonchev–Trinajstić information content (AvgIpc) is 2.57. The molecule has 1 aromatic carbocycles. The highest BCUT2D eigenvalue weighted by molar-refractivity contribution is 7.98. The van der Waals surface area contributed by atoms with Gasteiger partial charge < -0.3 is 4.57 Å². The van der Waals surface area contributed by atoms with E-state index >= 15 is 0 Å². The third-order valence-corrected chi connectivity index (χ3v) is 3.43. The first-order valence-corrected chi connectivity index (χ1v) is 6.48. The number of benzene rings is 1. The van der Waals surface area contributed by atoms with Crippen LogP contribution in [0.1, 0.15) is 19.2 Å². The van der Waals surface area contributed by atoms with Crippen LogP contribution >= 0.6 is 11.8 Å². The smallest absolute Gasteiger partial charge is 0.109 e. The Kier molecular flexibility index (Phi) is 3.00. The number of aryl methyl sites for hydroxylation is 2. The molecule has 0 aliphatic carbocycles. The van der Waals surface area contributed by atoms with E-state index in [4.69, 9.17) is 4.98 Å². The Morgan fingerprint density at radius 1 is 1.40 bits per heavy atom. The Labute approximate surface area is 94.7 Å².